The lowest BCUT2D eigenvalue weighted by Crippen LogP contribution is -2.15. The lowest BCUT2D eigenvalue weighted by atomic mass is 10.3. The number of methoxy groups -OCH3 is 1. The Kier molecular flexibility index (Phi) is 3.58. The highest BCUT2D eigenvalue weighted by Crippen LogP contribution is 2.15. The molecule has 0 aliphatic carbocycles. The lowest BCUT2D eigenvalue weighted by molar-refractivity contribution is 0.208. The number of rotatable bonds is 4. The second kappa shape index (κ2) is 4.72. The number of hydrogen-bond donors (Lipinski definition) is 2. The standard InChI is InChI=1S/C10H14NO2/c1-8(12)7-11-9-4-3-5-10(6-9)13-2/h3-4,6,8,11-12H,7H2,1-2H3/t8-/m0/s1. The largest absolute Gasteiger partial charge is 0.496 e. The lowest BCUT2D eigenvalue weighted by Gasteiger charge is -2.08. The maximum atomic E-state index is 9.04. The Morgan fingerprint density at radius 1 is 1.69 bits per heavy atom. The number of ether oxygens (including phenoxy) is 1. The van der Waals surface area contributed by atoms with Gasteiger partial charge in [-0.1, -0.05) is 0 Å². The smallest absolute Gasteiger partial charge is 0.128 e. The quantitative estimate of drug-likeness (QED) is 0.733. The van der Waals surface area contributed by atoms with E-state index in [2.05, 4.69) is 11.4 Å². The minimum Gasteiger partial charge on any atom is -0.496 e. The van der Waals surface area contributed by atoms with Crippen LogP contribution in [0.1, 0.15) is 6.92 Å². The first-order valence-electron chi connectivity index (χ1n) is 4.20. The van der Waals surface area contributed by atoms with Crippen molar-refractivity contribution in [1.82, 2.24) is 0 Å². The second-order valence-corrected chi connectivity index (χ2v) is 2.88. The fraction of sp³-hybridized carbons (Fsp3) is 0.400. The average molecular weight is 180 g/mol. The number of aliphatic hydroxyl groups excluding tert-OH is 1. The number of anilines is 1. The van der Waals surface area contributed by atoms with Gasteiger partial charge in [-0.15, -0.1) is 0 Å². The number of aliphatic hydroxyl groups is 1. The molecular weight excluding hydrogens is 166 g/mol. The maximum Gasteiger partial charge on any atom is 0.128 e. The molecule has 0 spiro atoms. The van der Waals surface area contributed by atoms with Gasteiger partial charge < -0.3 is 15.2 Å². The van der Waals surface area contributed by atoms with E-state index in [0.717, 1.165) is 5.69 Å². The molecule has 1 radical (unpaired) electrons. The van der Waals surface area contributed by atoms with Gasteiger partial charge in [0.25, 0.3) is 0 Å². The third-order valence-corrected chi connectivity index (χ3v) is 1.60. The van der Waals surface area contributed by atoms with Gasteiger partial charge in [0.1, 0.15) is 5.75 Å². The van der Waals surface area contributed by atoms with Crippen molar-refractivity contribution < 1.29 is 9.84 Å². The topological polar surface area (TPSA) is 41.5 Å². The van der Waals surface area contributed by atoms with Gasteiger partial charge in [0.2, 0.25) is 0 Å². The summed E-state index contributed by atoms with van der Waals surface area (Å²) in [6.07, 6.45) is -0.352. The van der Waals surface area contributed by atoms with Gasteiger partial charge in [0, 0.05) is 24.4 Å². The summed E-state index contributed by atoms with van der Waals surface area (Å²) < 4.78 is 5.00. The summed E-state index contributed by atoms with van der Waals surface area (Å²) in [7, 11) is 1.60. The first-order chi connectivity index (χ1) is 6.22. The Bertz CT molecular complexity index is 261. The van der Waals surface area contributed by atoms with Crippen LogP contribution in [0.2, 0.25) is 0 Å². The van der Waals surface area contributed by atoms with Crippen LogP contribution in [-0.2, 0) is 0 Å². The van der Waals surface area contributed by atoms with Crippen LogP contribution in [0.25, 0.3) is 0 Å². The van der Waals surface area contributed by atoms with Crippen LogP contribution in [0.15, 0.2) is 18.2 Å². The van der Waals surface area contributed by atoms with E-state index in [-0.39, 0.29) is 6.10 Å². The number of hydrogen-bond acceptors (Lipinski definition) is 3. The molecule has 0 fully saturated rings. The molecule has 0 heterocycles. The third-order valence-electron chi connectivity index (χ3n) is 1.60. The van der Waals surface area contributed by atoms with Gasteiger partial charge in [-0.05, 0) is 19.1 Å². The van der Waals surface area contributed by atoms with Gasteiger partial charge in [-0.2, -0.15) is 0 Å². The van der Waals surface area contributed by atoms with Crippen molar-refractivity contribution in [2.24, 2.45) is 0 Å². The summed E-state index contributed by atoms with van der Waals surface area (Å²) >= 11 is 0. The molecule has 3 heteroatoms. The second-order valence-electron chi connectivity index (χ2n) is 2.88. The normalized spacial score (nSPS) is 12.2. The van der Waals surface area contributed by atoms with E-state index in [1.165, 1.54) is 0 Å². The molecule has 0 bridgehead atoms. The summed E-state index contributed by atoms with van der Waals surface area (Å²) in [5.41, 5.74) is 0.927. The molecule has 0 amide bonds. The van der Waals surface area contributed by atoms with Crippen molar-refractivity contribution in [2.75, 3.05) is 19.0 Å². The summed E-state index contributed by atoms with van der Waals surface area (Å²) in [5.74, 6) is 0.690. The van der Waals surface area contributed by atoms with Crippen molar-refractivity contribution in [1.29, 1.82) is 0 Å². The summed E-state index contributed by atoms with van der Waals surface area (Å²) in [6, 6.07) is 8.42. The van der Waals surface area contributed by atoms with Crippen molar-refractivity contribution in [3.05, 3.63) is 24.3 Å². The zero-order valence-electron chi connectivity index (χ0n) is 7.87. The van der Waals surface area contributed by atoms with E-state index < -0.39 is 0 Å². The molecule has 0 saturated heterocycles. The molecular formula is C10H14NO2. The van der Waals surface area contributed by atoms with Crippen LogP contribution >= 0.6 is 0 Å². The SMILES string of the molecule is COc1[c]ccc(NC[C@H](C)O)c1. The van der Waals surface area contributed by atoms with Crippen LogP contribution in [0, 0.1) is 6.07 Å². The predicted octanol–water partition coefficient (Wildman–Crippen LogP) is 1.29. The van der Waals surface area contributed by atoms with E-state index in [1.807, 2.05) is 12.1 Å². The Hall–Kier alpha value is -1.22. The van der Waals surface area contributed by atoms with Crippen molar-refractivity contribution in [2.45, 2.75) is 13.0 Å². The van der Waals surface area contributed by atoms with E-state index in [0.29, 0.717) is 12.3 Å². The highest BCUT2D eigenvalue weighted by Gasteiger charge is 1.97. The Labute approximate surface area is 78.3 Å². The van der Waals surface area contributed by atoms with Crippen LogP contribution in [0.3, 0.4) is 0 Å². The third kappa shape index (κ3) is 3.34. The van der Waals surface area contributed by atoms with Gasteiger partial charge in [-0.25, -0.2) is 0 Å². The fourth-order valence-corrected chi connectivity index (χ4v) is 0.938. The van der Waals surface area contributed by atoms with Crippen LogP contribution in [0.5, 0.6) is 5.75 Å². The first kappa shape index (κ1) is 9.86. The van der Waals surface area contributed by atoms with Crippen LogP contribution in [-0.4, -0.2) is 24.9 Å². The molecule has 0 aromatic heterocycles. The van der Waals surface area contributed by atoms with Crippen LogP contribution in [0.4, 0.5) is 5.69 Å². The molecule has 3 nitrogen and oxygen atoms in total. The summed E-state index contributed by atoms with van der Waals surface area (Å²) in [6.45, 7) is 2.27. The van der Waals surface area contributed by atoms with Gasteiger partial charge in [-0.3, -0.25) is 0 Å². The molecule has 1 aromatic rings. The molecule has 1 aromatic carbocycles. The molecule has 1 atom stereocenters. The maximum absolute atomic E-state index is 9.04. The Morgan fingerprint density at radius 3 is 3.08 bits per heavy atom. The molecule has 0 unspecified atom stereocenters. The van der Waals surface area contributed by atoms with Gasteiger partial charge in [0.15, 0.2) is 0 Å². The minimum absolute atomic E-state index is 0.352. The fourth-order valence-electron chi connectivity index (χ4n) is 0.938. The molecule has 1 rings (SSSR count). The number of nitrogens with one attached hydrogen (secondary N) is 1. The van der Waals surface area contributed by atoms with Crippen molar-refractivity contribution in [3.63, 3.8) is 0 Å². The number of benzene rings is 1. The molecule has 0 saturated carbocycles. The van der Waals surface area contributed by atoms with Crippen molar-refractivity contribution >= 4 is 5.69 Å². The van der Waals surface area contributed by atoms with Crippen molar-refractivity contribution in [3.8, 4) is 5.75 Å². The summed E-state index contributed by atoms with van der Waals surface area (Å²) in [5, 5.41) is 12.1. The molecule has 0 aliphatic rings. The van der Waals surface area contributed by atoms with E-state index in [1.54, 1.807) is 20.1 Å². The Morgan fingerprint density at radius 2 is 2.46 bits per heavy atom. The zero-order chi connectivity index (χ0) is 9.68. The molecule has 2 N–H and O–H groups in total. The molecule has 13 heavy (non-hydrogen) atoms. The molecule has 71 valence electrons. The Balaban J connectivity index is 2.56. The average Bonchev–Trinajstić information content (AvgIpc) is 2.15. The predicted molar refractivity (Wildman–Crippen MR) is 52.0 cm³/mol. The highest BCUT2D eigenvalue weighted by molar-refractivity contribution is 5.47. The summed E-state index contributed by atoms with van der Waals surface area (Å²) in [4.78, 5) is 0. The van der Waals surface area contributed by atoms with Gasteiger partial charge >= 0.3 is 0 Å². The zero-order valence-corrected chi connectivity index (χ0v) is 7.87. The van der Waals surface area contributed by atoms with E-state index in [9.17, 15) is 0 Å². The monoisotopic (exact) mass is 180 g/mol. The highest BCUT2D eigenvalue weighted by atomic mass is 16.5. The minimum atomic E-state index is -0.352. The van der Waals surface area contributed by atoms with E-state index >= 15 is 0 Å². The van der Waals surface area contributed by atoms with E-state index in [4.69, 9.17) is 9.84 Å². The molecule has 0 aliphatic heterocycles. The van der Waals surface area contributed by atoms with Crippen LogP contribution < -0.4 is 10.1 Å². The van der Waals surface area contributed by atoms with Gasteiger partial charge in [0.05, 0.1) is 13.2 Å². The first-order valence-corrected chi connectivity index (χ1v) is 4.20.